The van der Waals surface area contributed by atoms with Gasteiger partial charge < -0.3 is 20.3 Å². The van der Waals surface area contributed by atoms with Crippen LogP contribution in [0.2, 0.25) is 0 Å². The molecule has 0 saturated carbocycles. The Bertz CT molecular complexity index is 951. The Morgan fingerprint density at radius 1 is 0.443 bits per heavy atom. The Morgan fingerprint density at radius 3 is 1.18 bits per heavy atom. The average molecular weight is 860 g/mol. The summed E-state index contributed by atoms with van der Waals surface area (Å²) in [5, 5.41) is 23.1. The van der Waals surface area contributed by atoms with Gasteiger partial charge in [-0.2, -0.15) is 0 Å². The van der Waals surface area contributed by atoms with E-state index in [0.29, 0.717) is 19.4 Å². The fraction of sp³-hybridized carbons (Fsp3) is 0.891. The lowest BCUT2D eigenvalue weighted by Crippen LogP contribution is -2.45. The van der Waals surface area contributed by atoms with Gasteiger partial charge in [0.2, 0.25) is 5.91 Å². The molecule has 6 heteroatoms. The van der Waals surface area contributed by atoms with Crippen LogP contribution in [-0.4, -0.2) is 47.4 Å². The van der Waals surface area contributed by atoms with Crippen molar-refractivity contribution in [3.63, 3.8) is 0 Å². The number of hydrogen-bond acceptors (Lipinski definition) is 5. The number of carbonyl (C=O) groups is 2. The first-order valence-electron chi connectivity index (χ1n) is 27.1. The fourth-order valence-corrected chi connectivity index (χ4v) is 8.27. The largest absolute Gasteiger partial charge is 0.466 e. The van der Waals surface area contributed by atoms with E-state index in [2.05, 4.69) is 31.3 Å². The summed E-state index contributed by atoms with van der Waals surface area (Å²) in [7, 11) is 0. The summed E-state index contributed by atoms with van der Waals surface area (Å²) in [4.78, 5) is 24.5. The monoisotopic (exact) mass is 860 g/mol. The summed E-state index contributed by atoms with van der Waals surface area (Å²) in [5.74, 6) is -0.119. The molecular weight excluding hydrogens is 755 g/mol. The highest BCUT2D eigenvalue weighted by molar-refractivity contribution is 5.76. The zero-order valence-corrected chi connectivity index (χ0v) is 40.9. The van der Waals surface area contributed by atoms with Crippen molar-refractivity contribution in [2.75, 3.05) is 13.2 Å². The highest BCUT2D eigenvalue weighted by atomic mass is 16.5. The number of aliphatic hydroxyl groups excluding tert-OH is 2. The van der Waals surface area contributed by atoms with Crippen LogP contribution in [-0.2, 0) is 14.3 Å². The standard InChI is InChI=1S/C55H105NO5/c1-3-5-7-9-11-13-15-17-18-19-20-21-22-23-24-26-27-31-35-39-43-47-53(58)52(51-57)56-54(59)48-44-40-36-32-29-30-34-38-42-46-50-61-55(60)49-45-41-37-33-28-25-16-14-12-10-8-6-4-2/h14,16,43,47,52-53,57-58H,3-13,15,17-42,44-46,48-51H2,1-2H3,(H,56,59)/b16-14-,47-43+. The van der Waals surface area contributed by atoms with Gasteiger partial charge in [-0.15, -0.1) is 0 Å². The lowest BCUT2D eigenvalue weighted by atomic mass is 10.0. The quantitative estimate of drug-likeness (QED) is 0.0322. The minimum atomic E-state index is -0.860. The van der Waals surface area contributed by atoms with Crippen LogP contribution < -0.4 is 5.32 Å². The van der Waals surface area contributed by atoms with Gasteiger partial charge in [-0.25, -0.2) is 0 Å². The summed E-state index contributed by atoms with van der Waals surface area (Å²) in [5.41, 5.74) is 0. The smallest absolute Gasteiger partial charge is 0.305 e. The molecule has 2 atom stereocenters. The maximum atomic E-state index is 12.5. The first-order valence-corrected chi connectivity index (χ1v) is 27.1. The Hall–Kier alpha value is -1.66. The summed E-state index contributed by atoms with van der Waals surface area (Å²) in [6.45, 7) is 4.84. The predicted molar refractivity (Wildman–Crippen MR) is 264 cm³/mol. The molecule has 0 saturated heterocycles. The second-order valence-electron chi connectivity index (χ2n) is 18.6. The zero-order valence-electron chi connectivity index (χ0n) is 40.9. The van der Waals surface area contributed by atoms with Crippen molar-refractivity contribution < 1.29 is 24.5 Å². The molecule has 0 heterocycles. The number of amides is 1. The molecule has 0 rings (SSSR count). The van der Waals surface area contributed by atoms with Crippen LogP contribution in [0.1, 0.15) is 290 Å². The molecule has 0 aromatic rings. The van der Waals surface area contributed by atoms with Gasteiger partial charge in [-0.05, 0) is 57.8 Å². The van der Waals surface area contributed by atoms with Crippen molar-refractivity contribution in [1.82, 2.24) is 5.32 Å². The third-order valence-electron chi connectivity index (χ3n) is 12.5. The molecule has 0 aromatic carbocycles. The van der Waals surface area contributed by atoms with Gasteiger partial charge in [0.25, 0.3) is 0 Å². The molecular formula is C55H105NO5. The number of nitrogens with one attached hydrogen (secondary N) is 1. The van der Waals surface area contributed by atoms with Crippen LogP contribution in [0.5, 0.6) is 0 Å². The van der Waals surface area contributed by atoms with Crippen LogP contribution in [0.15, 0.2) is 24.3 Å². The van der Waals surface area contributed by atoms with E-state index in [1.54, 1.807) is 6.08 Å². The summed E-state index contributed by atoms with van der Waals surface area (Å²) in [6.07, 6.45) is 60.4. The van der Waals surface area contributed by atoms with E-state index in [1.807, 2.05) is 6.08 Å². The molecule has 0 aliphatic heterocycles. The number of unbranched alkanes of at least 4 members (excludes halogenated alkanes) is 37. The molecule has 6 nitrogen and oxygen atoms in total. The van der Waals surface area contributed by atoms with Gasteiger partial charge in [0.1, 0.15) is 0 Å². The molecule has 0 aliphatic rings. The maximum Gasteiger partial charge on any atom is 0.305 e. The molecule has 2 unspecified atom stereocenters. The molecule has 0 bridgehead atoms. The van der Waals surface area contributed by atoms with E-state index in [0.717, 1.165) is 57.8 Å². The van der Waals surface area contributed by atoms with E-state index < -0.39 is 12.1 Å². The lowest BCUT2D eigenvalue weighted by Gasteiger charge is -2.20. The number of allylic oxidation sites excluding steroid dienone is 3. The molecule has 3 N–H and O–H groups in total. The van der Waals surface area contributed by atoms with E-state index in [-0.39, 0.29) is 18.5 Å². The Labute approximate surface area is 380 Å². The molecule has 360 valence electrons. The van der Waals surface area contributed by atoms with Crippen LogP contribution in [0.25, 0.3) is 0 Å². The first kappa shape index (κ1) is 59.3. The molecule has 61 heavy (non-hydrogen) atoms. The number of carbonyl (C=O) groups excluding carboxylic acids is 2. The second kappa shape index (κ2) is 51.0. The van der Waals surface area contributed by atoms with Crippen molar-refractivity contribution in [2.24, 2.45) is 0 Å². The van der Waals surface area contributed by atoms with Gasteiger partial charge in [0.05, 0.1) is 25.4 Å². The summed E-state index contributed by atoms with van der Waals surface area (Å²) in [6, 6.07) is -0.645. The van der Waals surface area contributed by atoms with E-state index in [1.165, 1.54) is 205 Å². The molecule has 0 fully saturated rings. The molecule has 1 amide bonds. The van der Waals surface area contributed by atoms with Gasteiger partial charge in [-0.1, -0.05) is 244 Å². The van der Waals surface area contributed by atoms with Crippen LogP contribution >= 0.6 is 0 Å². The van der Waals surface area contributed by atoms with Crippen LogP contribution in [0, 0.1) is 0 Å². The third kappa shape index (κ3) is 47.7. The average Bonchev–Trinajstić information content (AvgIpc) is 3.26. The highest BCUT2D eigenvalue weighted by Gasteiger charge is 2.18. The molecule has 0 radical (unpaired) electrons. The zero-order chi connectivity index (χ0) is 44.4. The minimum absolute atomic E-state index is 0.0297. The van der Waals surface area contributed by atoms with Crippen molar-refractivity contribution in [3.8, 4) is 0 Å². The summed E-state index contributed by atoms with van der Waals surface area (Å²) >= 11 is 0. The number of aliphatic hydroxyl groups is 2. The van der Waals surface area contributed by atoms with Gasteiger partial charge in [0.15, 0.2) is 0 Å². The predicted octanol–water partition coefficient (Wildman–Crippen LogP) is 16.3. The Kier molecular flexibility index (Phi) is 49.6. The van der Waals surface area contributed by atoms with Crippen LogP contribution in [0.3, 0.4) is 0 Å². The van der Waals surface area contributed by atoms with E-state index in [9.17, 15) is 19.8 Å². The number of esters is 1. The lowest BCUT2D eigenvalue weighted by molar-refractivity contribution is -0.143. The minimum Gasteiger partial charge on any atom is -0.466 e. The Morgan fingerprint density at radius 2 is 0.770 bits per heavy atom. The van der Waals surface area contributed by atoms with Crippen molar-refractivity contribution in [2.45, 2.75) is 302 Å². The fourth-order valence-electron chi connectivity index (χ4n) is 8.27. The maximum absolute atomic E-state index is 12.5. The normalized spacial score (nSPS) is 12.8. The third-order valence-corrected chi connectivity index (χ3v) is 12.5. The summed E-state index contributed by atoms with van der Waals surface area (Å²) < 4.78 is 5.44. The van der Waals surface area contributed by atoms with Crippen molar-refractivity contribution >= 4 is 11.9 Å². The van der Waals surface area contributed by atoms with Gasteiger partial charge in [-0.3, -0.25) is 9.59 Å². The molecule has 0 spiro atoms. The van der Waals surface area contributed by atoms with E-state index >= 15 is 0 Å². The van der Waals surface area contributed by atoms with Gasteiger partial charge in [0, 0.05) is 12.8 Å². The van der Waals surface area contributed by atoms with Crippen LogP contribution in [0.4, 0.5) is 0 Å². The number of rotatable bonds is 50. The number of hydrogen-bond donors (Lipinski definition) is 3. The number of ether oxygens (including phenoxy) is 1. The SMILES string of the molecule is CCCCCC/C=C\CCCCCCCC(=O)OCCCCCCCCCCCCC(=O)NC(CO)C(O)/C=C/CCCCCCCCCCCCCCCCCCCCC. The second-order valence-corrected chi connectivity index (χ2v) is 18.6. The highest BCUT2D eigenvalue weighted by Crippen LogP contribution is 2.16. The molecule has 0 aromatic heterocycles. The Balaban J connectivity index is 3.52. The van der Waals surface area contributed by atoms with Crippen molar-refractivity contribution in [1.29, 1.82) is 0 Å². The molecule has 0 aliphatic carbocycles. The van der Waals surface area contributed by atoms with Crippen molar-refractivity contribution in [3.05, 3.63) is 24.3 Å². The topological polar surface area (TPSA) is 95.9 Å². The van der Waals surface area contributed by atoms with E-state index in [4.69, 9.17) is 4.74 Å². The van der Waals surface area contributed by atoms with Gasteiger partial charge >= 0.3 is 5.97 Å². The first-order chi connectivity index (χ1) is 30.0.